The molecule has 0 saturated heterocycles. The van der Waals surface area contributed by atoms with Gasteiger partial charge in [-0.25, -0.2) is 4.79 Å². The smallest absolute Gasteiger partial charge is 0.335 e. The van der Waals surface area contributed by atoms with Gasteiger partial charge in [-0.1, -0.05) is 19.4 Å². The lowest BCUT2D eigenvalue weighted by Gasteiger charge is -2.20. The Labute approximate surface area is 107 Å². The van der Waals surface area contributed by atoms with Crippen LogP contribution in [0.1, 0.15) is 47.4 Å². The second kappa shape index (κ2) is 6.79. The summed E-state index contributed by atoms with van der Waals surface area (Å²) in [5.74, 6) is -1.12. The summed E-state index contributed by atoms with van der Waals surface area (Å²) in [6.45, 7) is 5.34. The molecule has 0 saturated carbocycles. The number of amides is 1. The number of nitrogens with zero attached hydrogens (tertiary/aromatic N) is 1. The van der Waals surface area contributed by atoms with Crippen molar-refractivity contribution in [2.75, 3.05) is 13.1 Å². The largest absolute Gasteiger partial charge is 0.478 e. The van der Waals surface area contributed by atoms with E-state index in [9.17, 15) is 9.59 Å². The van der Waals surface area contributed by atoms with Gasteiger partial charge in [0.2, 0.25) is 0 Å². The molecule has 0 fully saturated rings. The van der Waals surface area contributed by atoms with Crippen LogP contribution >= 0.6 is 0 Å². The van der Waals surface area contributed by atoms with Gasteiger partial charge in [-0.15, -0.1) is 0 Å². The second-order valence-electron chi connectivity index (χ2n) is 4.12. The lowest BCUT2D eigenvalue weighted by molar-refractivity contribution is 0.0697. The second-order valence-corrected chi connectivity index (χ2v) is 4.12. The molecule has 0 heterocycles. The van der Waals surface area contributed by atoms with Crippen molar-refractivity contribution in [3.05, 3.63) is 35.4 Å². The van der Waals surface area contributed by atoms with Crippen molar-refractivity contribution in [1.29, 1.82) is 0 Å². The summed E-state index contributed by atoms with van der Waals surface area (Å²) in [4.78, 5) is 24.8. The first-order chi connectivity index (χ1) is 8.60. The third kappa shape index (κ3) is 3.58. The molecule has 4 nitrogen and oxygen atoms in total. The molecule has 1 aromatic rings. The Hall–Kier alpha value is -1.84. The minimum atomic E-state index is -1.01. The first-order valence-corrected chi connectivity index (χ1v) is 6.22. The van der Waals surface area contributed by atoms with Crippen LogP contribution in [0.15, 0.2) is 24.3 Å². The van der Waals surface area contributed by atoms with Gasteiger partial charge in [0, 0.05) is 18.7 Å². The number of benzene rings is 1. The van der Waals surface area contributed by atoms with Crippen molar-refractivity contribution >= 4 is 11.9 Å². The maximum absolute atomic E-state index is 12.2. The first kappa shape index (κ1) is 14.2. The first-order valence-electron chi connectivity index (χ1n) is 6.22. The van der Waals surface area contributed by atoms with Crippen LogP contribution in [-0.4, -0.2) is 35.0 Å². The van der Waals surface area contributed by atoms with Gasteiger partial charge in [0.1, 0.15) is 0 Å². The van der Waals surface area contributed by atoms with Crippen LogP contribution in [0.25, 0.3) is 0 Å². The Morgan fingerprint density at radius 2 is 1.89 bits per heavy atom. The normalized spacial score (nSPS) is 10.1. The molecule has 0 radical (unpaired) electrons. The summed E-state index contributed by atoms with van der Waals surface area (Å²) in [5.41, 5.74) is 0.584. The van der Waals surface area contributed by atoms with E-state index in [1.807, 2.05) is 6.92 Å². The van der Waals surface area contributed by atoms with Gasteiger partial charge in [0.15, 0.2) is 0 Å². The fourth-order valence-electron chi connectivity index (χ4n) is 1.72. The van der Waals surface area contributed by atoms with Crippen LogP contribution < -0.4 is 0 Å². The number of hydrogen-bond acceptors (Lipinski definition) is 2. The Balaban J connectivity index is 2.87. The monoisotopic (exact) mass is 249 g/mol. The van der Waals surface area contributed by atoms with E-state index in [2.05, 4.69) is 6.92 Å². The molecular weight excluding hydrogens is 230 g/mol. The topological polar surface area (TPSA) is 57.6 Å². The van der Waals surface area contributed by atoms with E-state index in [0.717, 1.165) is 12.8 Å². The Kier molecular flexibility index (Phi) is 5.36. The molecule has 0 aliphatic rings. The number of unbranched alkanes of at least 4 members (excludes halogenated alkanes) is 1. The molecule has 0 aliphatic heterocycles. The molecule has 0 bridgehead atoms. The quantitative estimate of drug-likeness (QED) is 0.843. The third-order valence-corrected chi connectivity index (χ3v) is 2.81. The van der Waals surface area contributed by atoms with Crippen LogP contribution in [0.5, 0.6) is 0 Å². The summed E-state index contributed by atoms with van der Waals surface area (Å²) in [6, 6.07) is 6.18. The fraction of sp³-hybridized carbons (Fsp3) is 0.429. The average Bonchev–Trinajstić information content (AvgIpc) is 2.39. The standard InChI is InChI=1S/C14H19NO3/c1-3-5-9-15(4-2)13(16)11-7-6-8-12(10-11)14(17)18/h6-8,10H,3-5,9H2,1-2H3,(H,17,18). The van der Waals surface area contributed by atoms with E-state index in [-0.39, 0.29) is 11.5 Å². The van der Waals surface area contributed by atoms with Crippen molar-refractivity contribution in [3.8, 4) is 0 Å². The predicted octanol–water partition coefficient (Wildman–Crippen LogP) is 2.65. The molecule has 0 unspecified atom stereocenters. The minimum absolute atomic E-state index is 0.103. The summed E-state index contributed by atoms with van der Waals surface area (Å²) in [5, 5.41) is 8.90. The molecule has 18 heavy (non-hydrogen) atoms. The van der Waals surface area contributed by atoms with Crippen molar-refractivity contribution in [1.82, 2.24) is 4.90 Å². The zero-order chi connectivity index (χ0) is 13.5. The summed E-state index contributed by atoms with van der Waals surface area (Å²) >= 11 is 0. The van der Waals surface area contributed by atoms with E-state index >= 15 is 0 Å². The van der Waals surface area contributed by atoms with E-state index in [1.54, 1.807) is 17.0 Å². The molecule has 1 aromatic carbocycles. The van der Waals surface area contributed by atoms with Crippen LogP contribution in [0.4, 0.5) is 0 Å². The molecule has 0 atom stereocenters. The Bertz CT molecular complexity index is 429. The van der Waals surface area contributed by atoms with Crippen molar-refractivity contribution in [3.63, 3.8) is 0 Å². The number of carboxylic acids is 1. The molecule has 0 aromatic heterocycles. The average molecular weight is 249 g/mol. The Morgan fingerprint density at radius 1 is 1.22 bits per heavy atom. The summed E-state index contributed by atoms with van der Waals surface area (Å²) in [7, 11) is 0. The van der Waals surface area contributed by atoms with E-state index in [0.29, 0.717) is 18.7 Å². The number of rotatable bonds is 6. The minimum Gasteiger partial charge on any atom is -0.478 e. The Morgan fingerprint density at radius 3 is 2.44 bits per heavy atom. The van der Waals surface area contributed by atoms with Gasteiger partial charge in [-0.2, -0.15) is 0 Å². The van der Waals surface area contributed by atoms with E-state index in [1.165, 1.54) is 12.1 Å². The number of carboxylic acid groups (broad SMARTS) is 1. The molecule has 4 heteroatoms. The number of carbonyl (C=O) groups excluding carboxylic acids is 1. The molecule has 0 aliphatic carbocycles. The summed E-state index contributed by atoms with van der Waals surface area (Å²) in [6.07, 6.45) is 1.98. The van der Waals surface area contributed by atoms with Crippen LogP contribution in [0, 0.1) is 0 Å². The predicted molar refractivity (Wildman–Crippen MR) is 69.9 cm³/mol. The van der Waals surface area contributed by atoms with E-state index < -0.39 is 5.97 Å². The highest BCUT2D eigenvalue weighted by molar-refractivity contribution is 5.97. The maximum atomic E-state index is 12.2. The number of carbonyl (C=O) groups is 2. The molecule has 1 N–H and O–H groups in total. The molecular formula is C14H19NO3. The fourth-order valence-corrected chi connectivity index (χ4v) is 1.72. The highest BCUT2D eigenvalue weighted by Crippen LogP contribution is 2.09. The molecule has 1 amide bonds. The number of hydrogen-bond donors (Lipinski definition) is 1. The van der Waals surface area contributed by atoms with Gasteiger partial charge in [-0.05, 0) is 31.5 Å². The zero-order valence-electron chi connectivity index (χ0n) is 10.8. The summed E-state index contributed by atoms with van der Waals surface area (Å²) < 4.78 is 0. The van der Waals surface area contributed by atoms with Gasteiger partial charge in [0.05, 0.1) is 5.56 Å². The highest BCUT2D eigenvalue weighted by atomic mass is 16.4. The van der Waals surface area contributed by atoms with Gasteiger partial charge in [-0.3, -0.25) is 4.79 Å². The molecule has 98 valence electrons. The van der Waals surface area contributed by atoms with Crippen molar-refractivity contribution in [2.45, 2.75) is 26.7 Å². The van der Waals surface area contributed by atoms with Gasteiger partial charge < -0.3 is 10.0 Å². The zero-order valence-corrected chi connectivity index (χ0v) is 10.8. The van der Waals surface area contributed by atoms with Gasteiger partial charge >= 0.3 is 5.97 Å². The third-order valence-electron chi connectivity index (χ3n) is 2.81. The van der Waals surface area contributed by atoms with Crippen LogP contribution in [0.2, 0.25) is 0 Å². The van der Waals surface area contributed by atoms with Crippen LogP contribution in [0.3, 0.4) is 0 Å². The van der Waals surface area contributed by atoms with Gasteiger partial charge in [0.25, 0.3) is 5.91 Å². The molecule has 0 spiro atoms. The maximum Gasteiger partial charge on any atom is 0.335 e. The lowest BCUT2D eigenvalue weighted by atomic mass is 10.1. The number of aromatic carboxylic acids is 1. The molecule has 1 rings (SSSR count). The van der Waals surface area contributed by atoms with Crippen molar-refractivity contribution in [2.24, 2.45) is 0 Å². The van der Waals surface area contributed by atoms with E-state index in [4.69, 9.17) is 5.11 Å². The van der Waals surface area contributed by atoms with Crippen LogP contribution in [-0.2, 0) is 0 Å². The highest BCUT2D eigenvalue weighted by Gasteiger charge is 2.15. The lowest BCUT2D eigenvalue weighted by Crippen LogP contribution is -2.31. The van der Waals surface area contributed by atoms with Crippen molar-refractivity contribution < 1.29 is 14.7 Å². The SMILES string of the molecule is CCCCN(CC)C(=O)c1cccc(C(=O)O)c1.